The zero-order valence-electron chi connectivity index (χ0n) is 14.3. The predicted molar refractivity (Wildman–Crippen MR) is 96.6 cm³/mol. The molecule has 2 N–H and O–H groups in total. The molecule has 24 heavy (non-hydrogen) atoms. The van der Waals surface area contributed by atoms with E-state index >= 15 is 0 Å². The Morgan fingerprint density at radius 3 is 2.67 bits per heavy atom. The van der Waals surface area contributed by atoms with E-state index in [9.17, 15) is 4.79 Å². The van der Waals surface area contributed by atoms with Gasteiger partial charge in [0.2, 0.25) is 11.0 Å². The number of ether oxygens (including phenoxy) is 1. The minimum Gasteiger partial charge on any atom is -0.494 e. The Bertz CT molecular complexity index is 642. The van der Waals surface area contributed by atoms with Crippen LogP contribution in [0.1, 0.15) is 24.4 Å². The zero-order chi connectivity index (χ0) is 17.4. The number of nitrogens with zero attached hydrogens (tertiary/aromatic N) is 2. The quantitative estimate of drug-likeness (QED) is 0.728. The second-order valence-corrected chi connectivity index (χ2v) is 6.68. The van der Waals surface area contributed by atoms with Crippen molar-refractivity contribution in [2.45, 2.75) is 26.7 Å². The average molecular weight is 348 g/mol. The number of rotatable bonds is 9. The molecule has 1 atom stereocenters. The number of amides is 1. The highest BCUT2D eigenvalue weighted by atomic mass is 32.1. The number of carbonyl (C=O) groups excluding carboxylic acids is 1. The minimum absolute atomic E-state index is 0.0210. The highest BCUT2D eigenvalue weighted by Crippen LogP contribution is 2.16. The molecule has 0 saturated carbocycles. The molecule has 0 aliphatic heterocycles. The summed E-state index contributed by atoms with van der Waals surface area (Å²) in [5.41, 5.74) is 1.24. The average Bonchev–Trinajstić information content (AvgIpc) is 3.02. The fourth-order valence-corrected chi connectivity index (χ4v) is 2.97. The van der Waals surface area contributed by atoms with Crippen LogP contribution in [0.2, 0.25) is 0 Å². The lowest BCUT2D eigenvalue weighted by atomic mass is 10.0. The number of anilines is 1. The zero-order valence-corrected chi connectivity index (χ0v) is 15.2. The molecule has 1 aromatic heterocycles. The maximum atomic E-state index is 12.0. The van der Waals surface area contributed by atoms with Crippen LogP contribution in [0.5, 0.6) is 5.75 Å². The lowest BCUT2D eigenvalue weighted by Gasteiger charge is -2.13. The predicted octanol–water partition coefficient (Wildman–Crippen LogP) is 2.52. The first-order chi connectivity index (χ1) is 11.6. The molecule has 7 heteroatoms. The number of carbonyl (C=O) groups is 1. The van der Waals surface area contributed by atoms with Crippen LogP contribution in [-0.2, 0) is 17.6 Å². The van der Waals surface area contributed by atoms with Crippen LogP contribution in [0.15, 0.2) is 24.3 Å². The Morgan fingerprint density at radius 2 is 2.04 bits per heavy atom. The van der Waals surface area contributed by atoms with E-state index in [1.165, 1.54) is 16.9 Å². The molecule has 0 spiro atoms. The second kappa shape index (κ2) is 9.22. The SMILES string of the molecule is CCOc1ccc(CC(C)CNC(=O)Cc2nnc(NC)s2)cc1. The third-order valence-electron chi connectivity index (χ3n) is 3.46. The van der Waals surface area contributed by atoms with Gasteiger partial charge in [0.25, 0.3) is 0 Å². The van der Waals surface area contributed by atoms with Gasteiger partial charge < -0.3 is 15.4 Å². The van der Waals surface area contributed by atoms with Gasteiger partial charge in [0.15, 0.2) is 0 Å². The number of aromatic nitrogens is 2. The number of hydrogen-bond donors (Lipinski definition) is 2. The highest BCUT2D eigenvalue weighted by molar-refractivity contribution is 7.15. The van der Waals surface area contributed by atoms with Crippen molar-refractivity contribution in [3.05, 3.63) is 34.8 Å². The van der Waals surface area contributed by atoms with E-state index in [4.69, 9.17) is 4.74 Å². The molecule has 0 fully saturated rings. The van der Waals surface area contributed by atoms with Gasteiger partial charge in [-0.05, 0) is 37.0 Å². The molecule has 2 aromatic rings. The maximum Gasteiger partial charge on any atom is 0.226 e. The summed E-state index contributed by atoms with van der Waals surface area (Å²) in [4.78, 5) is 12.0. The first kappa shape index (κ1) is 18.2. The van der Waals surface area contributed by atoms with Crippen LogP contribution < -0.4 is 15.4 Å². The van der Waals surface area contributed by atoms with Crippen LogP contribution in [0, 0.1) is 5.92 Å². The van der Waals surface area contributed by atoms with Crippen molar-refractivity contribution in [1.82, 2.24) is 15.5 Å². The lowest BCUT2D eigenvalue weighted by Crippen LogP contribution is -2.30. The third-order valence-corrected chi connectivity index (χ3v) is 4.40. The van der Waals surface area contributed by atoms with Crippen LogP contribution in [-0.4, -0.2) is 36.3 Å². The first-order valence-corrected chi connectivity index (χ1v) is 8.91. The van der Waals surface area contributed by atoms with Crippen molar-refractivity contribution < 1.29 is 9.53 Å². The van der Waals surface area contributed by atoms with E-state index in [2.05, 4.69) is 39.9 Å². The monoisotopic (exact) mass is 348 g/mol. The van der Waals surface area contributed by atoms with Gasteiger partial charge in [0.1, 0.15) is 10.8 Å². The van der Waals surface area contributed by atoms with Gasteiger partial charge in [0.05, 0.1) is 13.0 Å². The number of benzene rings is 1. The fraction of sp³-hybridized carbons (Fsp3) is 0.471. The smallest absolute Gasteiger partial charge is 0.226 e. The van der Waals surface area contributed by atoms with Crippen LogP contribution >= 0.6 is 11.3 Å². The molecular weight excluding hydrogens is 324 g/mol. The molecule has 6 nitrogen and oxygen atoms in total. The van der Waals surface area contributed by atoms with Crippen LogP contribution in [0.25, 0.3) is 0 Å². The van der Waals surface area contributed by atoms with Gasteiger partial charge in [-0.3, -0.25) is 4.79 Å². The van der Waals surface area contributed by atoms with E-state index in [0.29, 0.717) is 19.1 Å². The van der Waals surface area contributed by atoms with Crippen molar-refractivity contribution >= 4 is 22.4 Å². The standard InChI is InChI=1S/C17H24N4O2S/c1-4-23-14-7-5-13(6-8-14)9-12(2)11-19-15(22)10-16-20-21-17(18-3)24-16/h5-8,12H,4,9-11H2,1-3H3,(H,18,21)(H,19,22). The van der Waals surface area contributed by atoms with E-state index in [-0.39, 0.29) is 12.3 Å². The largest absolute Gasteiger partial charge is 0.494 e. The summed E-state index contributed by atoms with van der Waals surface area (Å²) in [5.74, 6) is 1.22. The van der Waals surface area contributed by atoms with E-state index in [1.54, 1.807) is 7.05 Å². The summed E-state index contributed by atoms with van der Waals surface area (Å²) in [6.45, 7) is 5.41. The topological polar surface area (TPSA) is 76.1 Å². The molecule has 130 valence electrons. The van der Waals surface area contributed by atoms with Crippen LogP contribution in [0.4, 0.5) is 5.13 Å². The Balaban J connectivity index is 1.73. The summed E-state index contributed by atoms with van der Waals surface area (Å²) in [6.07, 6.45) is 1.19. The summed E-state index contributed by atoms with van der Waals surface area (Å²) >= 11 is 1.40. The number of nitrogens with one attached hydrogen (secondary N) is 2. The highest BCUT2D eigenvalue weighted by Gasteiger charge is 2.10. The second-order valence-electron chi connectivity index (χ2n) is 5.62. The van der Waals surface area contributed by atoms with Gasteiger partial charge in [-0.15, -0.1) is 10.2 Å². The summed E-state index contributed by atoms with van der Waals surface area (Å²) in [6, 6.07) is 8.12. The first-order valence-electron chi connectivity index (χ1n) is 8.09. The Hall–Kier alpha value is -2.15. The molecule has 1 aromatic carbocycles. The molecular formula is C17H24N4O2S. The van der Waals surface area contributed by atoms with Crippen molar-refractivity contribution in [3.63, 3.8) is 0 Å². The maximum absolute atomic E-state index is 12.0. The minimum atomic E-state index is -0.0210. The summed E-state index contributed by atoms with van der Waals surface area (Å²) < 4.78 is 5.44. The molecule has 0 radical (unpaired) electrons. The molecule has 0 aliphatic rings. The van der Waals surface area contributed by atoms with E-state index in [1.807, 2.05) is 19.1 Å². The van der Waals surface area contributed by atoms with Gasteiger partial charge in [-0.2, -0.15) is 0 Å². The summed E-state index contributed by atoms with van der Waals surface area (Å²) in [7, 11) is 1.78. The van der Waals surface area contributed by atoms with Gasteiger partial charge >= 0.3 is 0 Å². The van der Waals surface area contributed by atoms with Crippen molar-refractivity contribution in [1.29, 1.82) is 0 Å². The van der Waals surface area contributed by atoms with Crippen molar-refractivity contribution in [2.75, 3.05) is 25.5 Å². The van der Waals surface area contributed by atoms with E-state index in [0.717, 1.165) is 22.3 Å². The normalized spacial score (nSPS) is 11.8. The van der Waals surface area contributed by atoms with Gasteiger partial charge in [0, 0.05) is 13.6 Å². The summed E-state index contributed by atoms with van der Waals surface area (Å²) in [5, 5.41) is 15.2. The molecule has 0 saturated heterocycles. The Kier molecular flexibility index (Phi) is 6.99. The molecule has 2 rings (SSSR count). The van der Waals surface area contributed by atoms with Crippen LogP contribution in [0.3, 0.4) is 0 Å². The van der Waals surface area contributed by atoms with Crippen molar-refractivity contribution in [3.8, 4) is 5.75 Å². The fourth-order valence-electron chi connectivity index (χ4n) is 2.28. The molecule has 1 heterocycles. The number of hydrogen-bond acceptors (Lipinski definition) is 6. The van der Waals surface area contributed by atoms with Crippen molar-refractivity contribution in [2.24, 2.45) is 5.92 Å². The van der Waals surface area contributed by atoms with E-state index < -0.39 is 0 Å². The Morgan fingerprint density at radius 1 is 1.29 bits per heavy atom. The molecule has 1 unspecified atom stereocenters. The Labute approximate surface area is 146 Å². The van der Waals surface area contributed by atoms with Gasteiger partial charge in [-0.1, -0.05) is 30.4 Å². The van der Waals surface area contributed by atoms with Gasteiger partial charge in [-0.25, -0.2) is 0 Å². The third kappa shape index (κ3) is 5.81. The lowest BCUT2D eigenvalue weighted by molar-refractivity contribution is -0.120. The molecule has 0 bridgehead atoms. The molecule has 1 amide bonds. The molecule has 0 aliphatic carbocycles.